The average molecular weight is 557 g/mol. The second kappa shape index (κ2) is 9.88. The lowest BCUT2D eigenvalue weighted by atomic mass is 9.82. The van der Waals surface area contributed by atoms with Crippen LogP contribution in [0, 0.1) is 0 Å². The number of aromatic nitrogens is 2. The van der Waals surface area contributed by atoms with Gasteiger partial charge in [0.15, 0.2) is 0 Å². The molecule has 0 aliphatic heterocycles. The lowest BCUT2D eigenvalue weighted by Crippen LogP contribution is -2.15. The van der Waals surface area contributed by atoms with E-state index in [9.17, 15) is 0 Å². The first-order chi connectivity index (χ1) is 21.0. The second-order valence-corrected chi connectivity index (χ2v) is 12.6. The van der Waals surface area contributed by atoms with E-state index in [1.54, 1.807) is 0 Å². The van der Waals surface area contributed by atoms with E-state index in [2.05, 4.69) is 157 Å². The van der Waals surface area contributed by atoms with Crippen LogP contribution in [0.1, 0.15) is 50.4 Å². The Balaban J connectivity index is 1.29. The fourth-order valence-electron chi connectivity index (χ4n) is 6.99. The standard InChI is InChI=1S/C41H36N2/c1-4-41(2,3)30-23-24-36-35-19-7-10-22-39(35)43(40(36)27-30)32-16-12-14-29(26-32)28-13-11-15-31(25-28)42-37-20-8-5-17-33(37)34-18-6-9-21-38(34)42/h5-8,10-20,22-27H,4,9,21H2,1-3H3. The number of benzene rings is 5. The average Bonchev–Trinajstić information content (AvgIpc) is 3.57. The van der Waals surface area contributed by atoms with Crippen molar-refractivity contribution in [2.24, 2.45) is 0 Å². The van der Waals surface area contributed by atoms with Gasteiger partial charge in [-0.1, -0.05) is 106 Å². The first-order valence-electron chi connectivity index (χ1n) is 15.6. The first kappa shape index (κ1) is 25.9. The summed E-state index contributed by atoms with van der Waals surface area (Å²) in [5.41, 5.74) is 12.9. The molecule has 210 valence electrons. The van der Waals surface area contributed by atoms with E-state index < -0.39 is 0 Å². The Morgan fingerprint density at radius 2 is 1.23 bits per heavy atom. The summed E-state index contributed by atoms with van der Waals surface area (Å²) in [6.07, 6.45) is 7.86. The molecular weight excluding hydrogens is 520 g/mol. The van der Waals surface area contributed by atoms with Gasteiger partial charge in [0.05, 0.1) is 16.6 Å². The van der Waals surface area contributed by atoms with E-state index in [-0.39, 0.29) is 5.41 Å². The number of fused-ring (bicyclic) bond motifs is 6. The van der Waals surface area contributed by atoms with Crippen molar-refractivity contribution in [1.82, 2.24) is 9.13 Å². The molecule has 2 aromatic heterocycles. The van der Waals surface area contributed by atoms with Gasteiger partial charge < -0.3 is 9.13 Å². The van der Waals surface area contributed by atoms with Gasteiger partial charge in [-0.05, 0) is 83.8 Å². The van der Waals surface area contributed by atoms with Gasteiger partial charge in [0.25, 0.3) is 0 Å². The third-order valence-electron chi connectivity index (χ3n) is 9.73. The number of allylic oxidation sites excluding steroid dienone is 1. The summed E-state index contributed by atoms with van der Waals surface area (Å²) in [7, 11) is 0. The van der Waals surface area contributed by atoms with E-state index in [1.165, 1.54) is 72.0 Å². The van der Waals surface area contributed by atoms with Crippen LogP contribution < -0.4 is 0 Å². The normalized spacial score (nSPS) is 13.3. The third kappa shape index (κ3) is 4.08. The van der Waals surface area contributed by atoms with Crippen LogP contribution in [0.5, 0.6) is 0 Å². The fourth-order valence-corrected chi connectivity index (χ4v) is 6.99. The molecule has 2 heterocycles. The van der Waals surface area contributed by atoms with Gasteiger partial charge in [0.2, 0.25) is 0 Å². The molecule has 0 fully saturated rings. The van der Waals surface area contributed by atoms with Crippen LogP contribution in [-0.4, -0.2) is 9.13 Å². The summed E-state index contributed by atoms with van der Waals surface area (Å²) >= 11 is 0. The van der Waals surface area contributed by atoms with E-state index in [0.29, 0.717) is 0 Å². The molecular formula is C41H36N2. The Morgan fingerprint density at radius 1 is 0.605 bits per heavy atom. The lowest BCUT2D eigenvalue weighted by Gasteiger charge is -2.23. The van der Waals surface area contributed by atoms with Crippen LogP contribution in [0.25, 0.3) is 61.3 Å². The minimum Gasteiger partial charge on any atom is -0.313 e. The summed E-state index contributed by atoms with van der Waals surface area (Å²) in [5.74, 6) is 0. The zero-order chi connectivity index (χ0) is 29.1. The van der Waals surface area contributed by atoms with Crippen molar-refractivity contribution < 1.29 is 0 Å². The zero-order valence-electron chi connectivity index (χ0n) is 25.1. The highest BCUT2D eigenvalue weighted by Crippen LogP contribution is 2.38. The van der Waals surface area contributed by atoms with Gasteiger partial charge in [-0.25, -0.2) is 0 Å². The van der Waals surface area contributed by atoms with Crippen molar-refractivity contribution in [2.75, 3.05) is 0 Å². The second-order valence-electron chi connectivity index (χ2n) is 12.6. The lowest BCUT2D eigenvalue weighted by molar-refractivity contribution is 0.507. The van der Waals surface area contributed by atoms with Gasteiger partial charge in [-0.2, -0.15) is 0 Å². The van der Waals surface area contributed by atoms with Gasteiger partial charge in [0, 0.05) is 38.8 Å². The molecule has 7 aromatic rings. The van der Waals surface area contributed by atoms with Crippen LogP contribution in [0.3, 0.4) is 0 Å². The van der Waals surface area contributed by atoms with Gasteiger partial charge >= 0.3 is 0 Å². The van der Waals surface area contributed by atoms with E-state index in [0.717, 1.165) is 19.3 Å². The van der Waals surface area contributed by atoms with Gasteiger partial charge in [0.1, 0.15) is 0 Å². The van der Waals surface area contributed by atoms with Crippen molar-refractivity contribution in [3.63, 3.8) is 0 Å². The number of hydrogen-bond donors (Lipinski definition) is 0. The molecule has 5 aromatic carbocycles. The SMILES string of the molecule is CCC(C)(C)c1ccc2c3ccccc3n(-c3cccc(-c4cccc(-n5c6c(c7ccccc75)C=CCC6)c4)c3)c2c1. The molecule has 0 saturated carbocycles. The van der Waals surface area contributed by atoms with Crippen molar-refractivity contribution in [2.45, 2.75) is 45.4 Å². The molecule has 8 rings (SSSR count). The van der Waals surface area contributed by atoms with Crippen molar-refractivity contribution in [3.8, 4) is 22.5 Å². The van der Waals surface area contributed by atoms with E-state index >= 15 is 0 Å². The summed E-state index contributed by atoms with van der Waals surface area (Å²) in [6.45, 7) is 6.96. The zero-order valence-corrected chi connectivity index (χ0v) is 25.1. The highest BCUT2D eigenvalue weighted by molar-refractivity contribution is 6.09. The third-order valence-corrected chi connectivity index (χ3v) is 9.73. The molecule has 1 aliphatic rings. The Hall–Kier alpha value is -4.82. The maximum Gasteiger partial charge on any atom is 0.0544 e. The monoisotopic (exact) mass is 556 g/mol. The van der Waals surface area contributed by atoms with Crippen LogP contribution in [-0.2, 0) is 11.8 Å². The quantitative estimate of drug-likeness (QED) is 0.200. The molecule has 0 unspecified atom stereocenters. The number of rotatable bonds is 5. The Bertz CT molecular complexity index is 2200. The van der Waals surface area contributed by atoms with E-state index in [4.69, 9.17) is 0 Å². The van der Waals surface area contributed by atoms with Gasteiger partial charge in [-0.15, -0.1) is 0 Å². The van der Waals surface area contributed by atoms with Gasteiger partial charge in [-0.3, -0.25) is 0 Å². The molecule has 0 spiro atoms. The topological polar surface area (TPSA) is 9.86 Å². The minimum atomic E-state index is 0.120. The Morgan fingerprint density at radius 3 is 1.95 bits per heavy atom. The summed E-state index contributed by atoms with van der Waals surface area (Å²) in [6, 6.07) is 42.8. The van der Waals surface area contributed by atoms with E-state index in [1.807, 2.05) is 0 Å². The Kier molecular flexibility index (Phi) is 5.94. The summed E-state index contributed by atoms with van der Waals surface area (Å²) in [4.78, 5) is 0. The maximum atomic E-state index is 2.48. The minimum absolute atomic E-state index is 0.120. The molecule has 0 N–H and O–H groups in total. The smallest absolute Gasteiger partial charge is 0.0544 e. The molecule has 2 nitrogen and oxygen atoms in total. The van der Waals surface area contributed by atoms with Crippen LogP contribution in [0.2, 0.25) is 0 Å². The molecule has 43 heavy (non-hydrogen) atoms. The molecule has 0 bridgehead atoms. The molecule has 0 atom stereocenters. The fraction of sp³-hybridized carbons (Fsp3) is 0.171. The molecule has 1 aliphatic carbocycles. The predicted octanol–water partition coefficient (Wildman–Crippen LogP) is 11.0. The van der Waals surface area contributed by atoms with Crippen LogP contribution >= 0.6 is 0 Å². The maximum absolute atomic E-state index is 2.48. The van der Waals surface area contributed by atoms with Crippen molar-refractivity contribution >= 4 is 38.8 Å². The number of nitrogens with zero attached hydrogens (tertiary/aromatic N) is 2. The van der Waals surface area contributed by atoms with Crippen LogP contribution in [0.15, 0.2) is 121 Å². The Labute approximate surface area is 253 Å². The molecule has 0 saturated heterocycles. The molecule has 0 amide bonds. The predicted molar refractivity (Wildman–Crippen MR) is 184 cm³/mol. The first-order valence-corrected chi connectivity index (χ1v) is 15.6. The van der Waals surface area contributed by atoms with Crippen molar-refractivity contribution in [1.29, 1.82) is 0 Å². The highest BCUT2D eigenvalue weighted by atomic mass is 15.0. The number of hydrogen-bond acceptors (Lipinski definition) is 0. The highest BCUT2D eigenvalue weighted by Gasteiger charge is 2.21. The van der Waals surface area contributed by atoms with Crippen LogP contribution in [0.4, 0.5) is 0 Å². The van der Waals surface area contributed by atoms with Crippen molar-refractivity contribution in [3.05, 3.63) is 138 Å². The summed E-state index contributed by atoms with van der Waals surface area (Å²) in [5, 5.41) is 3.93. The number of para-hydroxylation sites is 2. The largest absolute Gasteiger partial charge is 0.313 e. The summed E-state index contributed by atoms with van der Waals surface area (Å²) < 4.78 is 4.93. The molecule has 0 radical (unpaired) electrons. The molecule has 2 heteroatoms.